The van der Waals surface area contributed by atoms with Crippen LogP contribution in [0.25, 0.3) is 0 Å². The minimum atomic E-state index is -3.12. The molecule has 8 heteroatoms. The van der Waals surface area contributed by atoms with Crippen LogP contribution >= 0.6 is 0 Å². The minimum absolute atomic E-state index is 0.0205. The lowest BCUT2D eigenvalue weighted by molar-refractivity contribution is 0.0241. The smallest absolute Gasteiger partial charge is 0.211 e. The molecule has 7 nitrogen and oxygen atoms in total. The van der Waals surface area contributed by atoms with Crippen LogP contribution in [0, 0.1) is 5.41 Å². The molecule has 0 aliphatic carbocycles. The van der Waals surface area contributed by atoms with Crippen molar-refractivity contribution in [3.05, 3.63) is 0 Å². The summed E-state index contributed by atoms with van der Waals surface area (Å²) in [6, 6.07) is 0. The van der Waals surface area contributed by atoms with Gasteiger partial charge in [0.15, 0.2) is 5.96 Å². The molecule has 0 aliphatic rings. The fourth-order valence-electron chi connectivity index (χ4n) is 2.24. The predicted molar refractivity (Wildman–Crippen MR) is 101 cm³/mol. The molecule has 2 N–H and O–H groups in total. The quantitative estimate of drug-likeness (QED) is 0.347. The summed E-state index contributed by atoms with van der Waals surface area (Å²) in [7, 11) is -1.42. The van der Waals surface area contributed by atoms with Crippen LogP contribution in [0.5, 0.6) is 0 Å². The standard InChI is InChI=1S/C16H36N4O3S/c1-8-17-15(19-13-14(23-6)16(3,4)5)18-11-10-12-20(9-2)24(7,21)22/h14H,8-13H2,1-7H3,(H2,17,18,19). The number of sulfonamides is 1. The second kappa shape index (κ2) is 10.9. The Morgan fingerprint density at radius 3 is 2.29 bits per heavy atom. The Bertz CT molecular complexity index is 472. The monoisotopic (exact) mass is 364 g/mol. The van der Waals surface area contributed by atoms with E-state index >= 15 is 0 Å². The van der Waals surface area contributed by atoms with E-state index in [1.54, 1.807) is 7.11 Å². The van der Waals surface area contributed by atoms with E-state index in [9.17, 15) is 8.42 Å². The van der Waals surface area contributed by atoms with Crippen LogP contribution in [-0.4, -0.2) is 70.9 Å². The summed E-state index contributed by atoms with van der Waals surface area (Å²) in [6.07, 6.45) is 2.00. The van der Waals surface area contributed by atoms with E-state index in [2.05, 4.69) is 36.4 Å². The molecule has 0 fully saturated rings. The van der Waals surface area contributed by atoms with Crippen LogP contribution < -0.4 is 10.6 Å². The Morgan fingerprint density at radius 2 is 1.88 bits per heavy atom. The molecule has 0 radical (unpaired) electrons. The van der Waals surface area contributed by atoms with Crippen molar-refractivity contribution >= 4 is 16.0 Å². The largest absolute Gasteiger partial charge is 0.379 e. The summed E-state index contributed by atoms with van der Waals surface area (Å²) >= 11 is 0. The first-order valence-corrected chi connectivity index (χ1v) is 10.4. The van der Waals surface area contributed by atoms with Crippen LogP contribution in [0.4, 0.5) is 0 Å². The summed E-state index contributed by atoms with van der Waals surface area (Å²) in [5.41, 5.74) is 0.0205. The van der Waals surface area contributed by atoms with Crippen LogP contribution in [0.15, 0.2) is 4.99 Å². The third-order valence-electron chi connectivity index (χ3n) is 3.71. The van der Waals surface area contributed by atoms with E-state index in [4.69, 9.17) is 4.74 Å². The highest BCUT2D eigenvalue weighted by atomic mass is 32.2. The van der Waals surface area contributed by atoms with Crippen molar-refractivity contribution in [3.8, 4) is 0 Å². The number of guanidine groups is 1. The van der Waals surface area contributed by atoms with Gasteiger partial charge in [-0.05, 0) is 18.8 Å². The van der Waals surface area contributed by atoms with Crippen molar-refractivity contribution in [1.82, 2.24) is 14.9 Å². The van der Waals surface area contributed by atoms with Crippen molar-refractivity contribution in [1.29, 1.82) is 0 Å². The zero-order chi connectivity index (χ0) is 18.8. The van der Waals surface area contributed by atoms with Gasteiger partial charge in [-0.25, -0.2) is 12.7 Å². The summed E-state index contributed by atoms with van der Waals surface area (Å²) < 4.78 is 30.1. The van der Waals surface area contributed by atoms with Gasteiger partial charge in [0.2, 0.25) is 10.0 Å². The molecular weight excluding hydrogens is 328 g/mol. The van der Waals surface area contributed by atoms with Crippen molar-refractivity contribution < 1.29 is 13.2 Å². The Morgan fingerprint density at radius 1 is 1.25 bits per heavy atom. The van der Waals surface area contributed by atoms with Crippen molar-refractivity contribution in [2.75, 3.05) is 46.1 Å². The zero-order valence-electron chi connectivity index (χ0n) is 16.3. The molecule has 0 rings (SSSR count). The summed E-state index contributed by atoms with van der Waals surface area (Å²) in [5, 5.41) is 6.44. The molecule has 144 valence electrons. The van der Waals surface area contributed by atoms with Gasteiger partial charge in [-0.2, -0.15) is 0 Å². The van der Waals surface area contributed by atoms with Gasteiger partial charge in [-0.1, -0.05) is 27.7 Å². The molecule has 0 saturated carbocycles. The number of methoxy groups -OCH3 is 1. The average Bonchev–Trinajstić information content (AvgIpc) is 2.44. The van der Waals surface area contributed by atoms with E-state index in [1.807, 2.05) is 13.8 Å². The van der Waals surface area contributed by atoms with Crippen LogP contribution in [0.1, 0.15) is 41.0 Å². The molecule has 0 heterocycles. The van der Waals surface area contributed by atoms with Gasteiger partial charge in [0.25, 0.3) is 0 Å². The highest BCUT2D eigenvalue weighted by Gasteiger charge is 2.24. The van der Waals surface area contributed by atoms with Crippen molar-refractivity contribution in [2.24, 2.45) is 10.4 Å². The summed E-state index contributed by atoms with van der Waals surface area (Å²) in [4.78, 5) is 4.57. The minimum Gasteiger partial charge on any atom is -0.379 e. The molecule has 0 bridgehead atoms. The maximum Gasteiger partial charge on any atom is 0.211 e. The number of ether oxygens (including phenoxy) is 1. The Balaban J connectivity index is 4.51. The lowest BCUT2D eigenvalue weighted by Gasteiger charge is -2.28. The molecule has 0 aromatic rings. The average molecular weight is 365 g/mol. The lowest BCUT2D eigenvalue weighted by Crippen LogP contribution is -2.40. The number of nitrogens with zero attached hydrogens (tertiary/aromatic N) is 2. The van der Waals surface area contributed by atoms with Crippen LogP contribution in [0.3, 0.4) is 0 Å². The topological polar surface area (TPSA) is 83.0 Å². The number of hydrogen-bond donors (Lipinski definition) is 2. The molecule has 0 aromatic heterocycles. The second-order valence-corrected chi connectivity index (χ2v) is 8.83. The Labute approximate surface area is 148 Å². The van der Waals surface area contributed by atoms with Gasteiger partial charge in [-0.15, -0.1) is 0 Å². The second-order valence-electron chi connectivity index (χ2n) is 6.84. The number of aliphatic imine (C=N–C) groups is 1. The first kappa shape index (κ1) is 23.1. The fraction of sp³-hybridized carbons (Fsp3) is 0.938. The molecule has 1 unspecified atom stereocenters. The fourth-order valence-corrected chi connectivity index (χ4v) is 3.17. The molecule has 0 aromatic carbocycles. The van der Waals surface area contributed by atoms with E-state index < -0.39 is 10.0 Å². The van der Waals surface area contributed by atoms with Gasteiger partial charge >= 0.3 is 0 Å². The maximum absolute atomic E-state index is 11.6. The Hall–Kier alpha value is -0.860. The first-order chi connectivity index (χ1) is 11.1. The third kappa shape index (κ3) is 9.44. The SMILES string of the molecule is CCNC(=NCC(OC)C(C)(C)C)NCCCN(CC)S(C)(=O)=O. The van der Waals surface area contributed by atoms with Gasteiger partial charge < -0.3 is 15.4 Å². The molecule has 0 amide bonds. The highest BCUT2D eigenvalue weighted by molar-refractivity contribution is 7.88. The van der Waals surface area contributed by atoms with Crippen LogP contribution in [0.2, 0.25) is 0 Å². The number of nitrogens with one attached hydrogen (secondary N) is 2. The Kier molecular flexibility index (Phi) is 10.5. The van der Waals surface area contributed by atoms with E-state index in [-0.39, 0.29) is 11.5 Å². The lowest BCUT2D eigenvalue weighted by atomic mass is 9.89. The number of rotatable bonds is 10. The number of hydrogen-bond acceptors (Lipinski definition) is 4. The van der Waals surface area contributed by atoms with Gasteiger partial charge in [0, 0.05) is 33.3 Å². The van der Waals surface area contributed by atoms with Gasteiger partial charge in [0.05, 0.1) is 18.9 Å². The van der Waals surface area contributed by atoms with E-state index in [1.165, 1.54) is 10.6 Å². The predicted octanol–water partition coefficient (Wildman–Crippen LogP) is 1.27. The summed E-state index contributed by atoms with van der Waals surface area (Å²) in [6.45, 7) is 13.2. The zero-order valence-corrected chi connectivity index (χ0v) is 17.2. The molecule has 24 heavy (non-hydrogen) atoms. The normalized spacial score (nSPS) is 14.8. The van der Waals surface area contributed by atoms with Crippen LogP contribution in [-0.2, 0) is 14.8 Å². The maximum atomic E-state index is 11.6. The van der Waals surface area contributed by atoms with E-state index in [0.717, 1.165) is 18.9 Å². The molecule has 1 atom stereocenters. The highest BCUT2D eigenvalue weighted by Crippen LogP contribution is 2.21. The molecular formula is C16H36N4O3S. The van der Waals surface area contributed by atoms with Crippen molar-refractivity contribution in [3.63, 3.8) is 0 Å². The molecule has 0 aliphatic heterocycles. The molecule has 0 saturated heterocycles. The van der Waals surface area contributed by atoms with Crippen molar-refractivity contribution in [2.45, 2.75) is 47.1 Å². The van der Waals surface area contributed by atoms with Gasteiger partial charge in [0.1, 0.15) is 0 Å². The van der Waals surface area contributed by atoms with Gasteiger partial charge in [-0.3, -0.25) is 4.99 Å². The van der Waals surface area contributed by atoms with E-state index in [0.29, 0.717) is 26.2 Å². The third-order valence-corrected chi connectivity index (χ3v) is 5.09. The molecule has 0 spiro atoms. The first-order valence-electron chi connectivity index (χ1n) is 8.56. The summed E-state index contributed by atoms with van der Waals surface area (Å²) in [5.74, 6) is 0.728.